The van der Waals surface area contributed by atoms with E-state index >= 15 is 0 Å². The van der Waals surface area contributed by atoms with E-state index in [0.29, 0.717) is 0 Å². The standard InChI is InChI=1S/C19H22N2O2S/c1-23-17-16(21-18(22)13-6-11-24-12-13)14-4-2-3-5-15(14)19(17)7-9-20-10-8-19/h2-6,11-12,16-17,20H,7-10H2,1H3,(H,21,22)/t16-,17+/m1/s1. The lowest BCUT2D eigenvalue weighted by molar-refractivity contribution is 0.00397. The van der Waals surface area contributed by atoms with Crippen molar-refractivity contribution in [2.24, 2.45) is 0 Å². The number of thiophene rings is 1. The van der Waals surface area contributed by atoms with Crippen molar-refractivity contribution in [2.45, 2.75) is 30.4 Å². The van der Waals surface area contributed by atoms with E-state index in [0.717, 1.165) is 31.5 Å². The summed E-state index contributed by atoms with van der Waals surface area (Å²) < 4.78 is 5.98. The Kier molecular flexibility index (Phi) is 4.16. The third-order valence-electron chi connectivity index (χ3n) is 5.50. The van der Waals surface area contributed by atoms with Crippen molar-refractivity contribution < 1.29 is 9.53 Å². The topological polar surface area (TPSA) is 50.4 Å². The Morgan fingerprint density at radius 2 is 2.08 bits per heavy atom. The Labute approximate surface area is 146 Å². The molecule has 126 valence electrons. The molecule has 24 heavy (non-hydrogen) atoms. The molecule has 5 heteroatoms. The molecule has 4 nitrogen and oxygen atoms in total. The molecule has 2 atom stereocenters. The molecule has 1 spiro atoms. The molecule has 1 saturated heterocycles. The van der Waals surface area contributed by atoms with E-state index in [9.17, 15) is 4.79 Å². The zero-order chi connectivity index (χ0) is 16.6. The first kappa shape index (κ1) is 15.8. The fourth-order valence-corrected chi connectivity index (χ4v) is 5.05. The van der Waals surface area contributed by atoms with Crippen LogP contribution in [-0.4, -0.2) is 32.2 Å². The Hall–Kier alpha value is -1.69. The van der Waals surface area contributed by atoms with Crippen molar-refractivity contribution in [3.05, 3.63) is 57.8 Å². The highest BCUT2D eigenvalue weighted by molar-refractivity contribution is 7.08. The summed E-state index contributed by atoms with van der Waals surface area (Å²) in [5.74, 6) is -0.0240. The van der Waals surface area contributed by atoms with E-state index in [4.69, 9.17) is 4.74 Å². The first-order valence-electron chi connectivity index (χ1n) is 8.42. The molecular formula is C19H22N2O2S. The van der Waals surface area contributed by atoms with Gasteiger partial charge in [-0.2, -0.15) is 11.3 Å². The number of benzene rings is 1. The molecule has 1 aromatic heterocycles. The fourth-order valence-electron chi connectivity index (χ4n) is 4.42. The number of carbonyl (C=O) groups is 1. The van der Waals surface area contributed by atoms with Crippen LogP contribution in [0.4, 0.5) is 0 Å². The van der Waals surface area contributed by atoms with Gasteiger partial charge in [0.15, 0.2) is 0 Å². The predicted octanol–water partition coefficient (Wildman–Crippen LogP) is 2.87. The van der Waals surface area contributed by atoms with Gasteiger partial charge in [-0.15, -0.1) is 0 Å². The van der Waals surface area contributed by atoms with Gasteiger partial charge >= 0.3 is 0 Å². The number of rotatable bonds is 3. The highest BCUT2D eigenvalue weighted by Crippen LogP contribution is 2.51. The van der Waals surface area contributed by atoms with Crippen LogP contribution >= 0.6 is 11.3 Å². The van der Waals surface area contributed by atoms with Crippen molar-refractivity contribution >= 4 is 17.2 Å². The summed E-state index contributed by atoms with van der Waals surface area (Å²) in [5, 5.41) is 10.5. The minimum Gasteiger partial charge on any atom is -0.378 e. The summed E-state index contributed by atoms with van der Waals surface area (Å²) in [6, 6.07) is 10.3. The first-order valence-corrected chi connectivity index (χ1v) is 9.36. The average molecular weight is 342 g/mol. The molecule has 2 aliphatic rings. The molecule has 2 aromatic rings. The minimum absolute atomic E-state index is 0.0107. The smallest absolute Gasteiger partial charge is 0.252 e. The van der Waals surface area contributed by atoms with Crippen LogP contribution in [0, 0.1) is 0 Å². The molecule has 0 unspecified atom stereocenters. The van der Waals surface area contributed by atoms with Crippen LogP contribution in [0.3, 0.4) is 0 Å². The fraction of sp³-hybridized carbons (Fsp3) is 0.421. The Morgan fingerprint density at radius 3 is 2.79 bits per heavy atom. The first-order chi connectivity index (χ1) is 11.8. The number of hydrogen-bond acceptors (Lipinski definition) is 4. The van der Waals surface area contributed by atoms with Crippen molar-refractivity contribution in [1.82, 2.24) is 10.6 Å². The summed E-state index contributed by atoms with van der Waals surface area (Å²) >= 11 is 1.54. The highest BCUT2D eigenvalue weighted by Gasteiger charge is 2.53. The summed E-state index contributed by atoms with van der Waals surface area (Å²) in [4.78, 5) is 12.6. The average Bonchev–Trinajstić information content (AvgIpc) is 3.23. The van der Waals surface area contributed by atoms with E-state index in [2.05, 4.69) is 34.9 Å². The van der Waals surface area contributed by atoms with Crippen molar-refractivity contribution in [3.63, 3.8) is 0 Å². The molecule has 1 aliphatic carbocycles. The number of carbonyl (C=O) groups excluding carboxylic acids is 1. The van der Waals surface area contributed by atoms with Gasteiger partial charge in [0.1, 0.15) is 0 Å². The summed E-state index contributed by atoms with van der Waals surface area (Å²) in [5.41, 5.74) is 3.26. The van der Waals surface area contributed by atoms with E-state index in [1.54, 1.807) is 7.11 Å². The Bertz CT molecular complexity index is 723. The molecular weight excluding hydrogens is 320 g/mol. The lowest BCUT2D eigenvalue weighted by Gasteiger charge is -2.40. The van der Waals surface area contributed by atoms with Gasteiger partial charge in [0, 0.05) is 17.9 Å². The monoisotopic (exact) mass is 342 g/mol. The van der Waals surface area contributed by atoms with Crippen LogP contribution in [0.2, 0.25) is 0 Å². The second-order valence-electron chi connectivity index (χ2n) is 6.61. The summed E-state index contributed by atoms with van der Waals surface area (Å²) in [6.45, 7) is 1.97. The minimum atomic E-state index is -0.100. The second-order valence-corrected chi connectivity index (χ2v) is 7.39. The number of hydrogen-bond donors (Lipinski definition) is 2. The molecule has 0 radical (unpaired) electrons. The predicted molar refractivity (Wildman–Crippen MR) is 95.5 cm³/mol. The number of piperidine rings is 1. The van der Waals surface area contributed by atoms with Crippen LogP contribution in [0.25, 0.3) is 0 Å². The molecule has 0 bridgehead atoms. The van der Waals surface area contributed by atoms with Crippen LogP contribution in [-0.2, 0) is 10.2 Å². The van der Waals surface area contributed by atoms with Gasteiger partial charge < -0.3 is 15.4 Å². The SMILES string of the molecule is CO[C@H]1[C@H](NC(=O)c2ccsc2)c2ccccc2C12CCNCC2. The lowest BCUT2D eigenvalue weighted by Crippen LogP contribution is -2.49. The third-order valence-corrected chi connectivity index (χ3v) is 6.18. The molecule has 2 N–H and O–H groups in total. The summed E-state index contributed by atoms with van der Waals surface area (Å²) in [6.07, 6.45) is 2.04. The van der Waals surface area contributed by atoms with Gasteiger partial charge in [-0.1, -0.05) is 24.3 Å². The van der Waals surface area contributed by atoms with Gasteiger partial charge in [0.05, 0.1) is 17.7 Å². The van der Waals surface area contributed by atoms with Gasteiger partial charge in [0.2, 0.25) is 0 Å². The number of ether oxygens (including phenoxy) is 1. The van der Waals surface area contributed by atoms with E-state index < -0.39 is 0 Å². The van der Waals surface area contributed by atoms with Crippen LogP contribution in [0.15, 0.2) is 41.1 Å². The molecule has 4 rings (SSSR count). The Morgan fingerprint density at radius 1 is 1.29 bits per heavy atom. The maximum Gasteiger partial charge on any atom is 0.252 e. The zero-order valence-corrected chi connectivity index (χ0v) is 14.6. The molecule has 2 heterocycles. The van der Waals surface area contributed by atoms with Crippen molar-refractivity contribution in [3.8, 4) is 0 Å². The third kappa shape index (κ3) is 2.39. The van der Waals surface area contributed by atoms with E-state index in [-0.39, 0.29) is 23.5 Å². The van der Waals surface area contributed by atoms with Gasteiger partial charge in [-0.3, -0.25) is 4.79 Å². The quantitative estimate of drug-likeness (QED) is 0.902. The number of fused-ring (bicyclic) bond motifs is 2. The van der Waals surface area contributed by atoms with Crippen molar-refractivity contribution in [2.75, 3.05) is 20.2 Å². The maximum atomic E-state index is 12.6. The molecule has 1 aromatic carbocycles. The Balaban J connectivity index is 1.72. The second kappa shape index (κ2) is 6.31. The zero-order valence-electron chi connectivity index (χ0n) is 13.7. The largest absolute Gasteiger partial charge is 0.378 e. The number of methoxy groups -OCH3 is 1. The van der Waals surface area contributed by atoms with Gasteiger partial charge in [0.25, 0.3) is 5.91 Å². The summed E-state index contributed by atoms with van der Waals surface area (Å²) in [7, 11) is 1.77. The number of nitrogens with one attached hydrogen (secondary N) is 2. The molecule has 1 fully saturated rings. The lowest BCUT2D eigenvalue weighted by atomic mass is 9.72. The molecule has 0 saturated carbocycles. The van der Waals surface area contributed by atoms with Crippen LogP contribution < -0.4 is 10.6 Å². The number of amides is 1. The van der Waals surface area contributed by atoms with Crippen LogP contribution in [0.1, 0.15) is 40.4 Å². The highest BCUT2D eigenvalue weighted by atomic mass is 32.1. The van der Waals surface area contributed by atoms with Crippen LogP contribution in [0.5, 0.6) is 0 Å². The van der Waals surface area contributed by atoms with Crippen molar-refractivity contribution in [1.29, 1.82) is 0 Å². The van der Waals surface area contributed by atoms with E-state index in [1.807, 2.05) is 16.8 Å². The maximum absolute atomic E-state index is 12.6. The van der Waals surface area contributed by atoms with Gasteiger partial charge in [-0.25, -0.2) is 0 Å². The molecule has 1 amide bonds. The normalized spacial score (nSPS) is 24.7. The molecule has 1 aliphatic heterocycles. The van der Waals surface area contributed by atoms with Gasteiger partial charge in [-0.05, 0) is 48.5 Å². The van der Waals surface area contributed by atoms with E-state index in [1.165, 1.54) is 22.5 Å².